The van der Waals surface area contributed by atoms with E-state index in [-0.39, 0.29) is 12.5 Å². The van der Waals surface area contributed by atoms with Crippen molar-refractivity contribution in [2.45, 2.75) is 38.6 Å². The minimum Gasteiger partial charge on any atom is -0.396 e. The molecule has 1 amide bonds. The van der Waals surface area contributed by atoms with Gasteiger partial charge in [0.05, 0.1) is 6.54 Å². The Balaban J connectivity index is 1.91. The van der Waals surface area contributed by atoms with Gasteiger partial charge in [0.2, 0.25) is 5.91 Å². The van der Waals surface area contributed by atoms with Gasteiger partial charge in [-0.25, -0.2) is 0 Å². The summed E-state index contributed by atoms with van der Waals surface area (Å²) < 4.78 is 1.01. The number of halogens is 1. The Kier molecular flexibility index (Phi) is 6.21. The molecule has 1 aromatic rings. The van der Waals surface area contributed by atoms with Crippen LogP contribution in [0.5, 0.6) is 0 Å². The predicted molar refractivity (Wildman–Crippen MR) is 88.4 cm³/mol. The molecule has 0 saturated heterocycles. The molecule has 0 aliphatic heterocycles. The molecule has 1 aliphatic carbocycles. The molecule has 4 nitrogen and oxygen atoms in total. The van der Waals surface area contributed by atoms with Gasteiger partial charge in [0.25, 0.3) is 0 Å². The maximum absolute atomic E-state index is 12.2. The van der Waals surface area contributed by atoms with E-state index in [4.69, 9.17) is 5.11 Å². The molecule has 1 fully saturated rings. The van der Waals surface area contributed by atoms with Crippen molar-refractivity contribution in [1.29, 1.82) is 0 Å². The lowest BCUT2D eigenvalue weighted by molar-refractivity contribution is -0.118. The number of hydrogen-bond donors (Lipinski definition) is 2. The highest BCUT2D eigenvalue weighted by atomic mass is 79.9. The number of carbonyl (C=O) groups excluding carboxylic acids is 1. The summed E-state index contributed by atoms with van der Waals surface area (Å²) >= 11 is 3.42. The molecule has 1 aromatic carbocycles. The number of nitrogens with one attached hydrogen (secondary N) is 1. The number of nitrogens with zero attached hydrogens (tertiary/aromatic N) is 1. The van der Waals surface area contributed by atoms with Crippen molar-refractivity contribution in [3.63, 3.8) is 0 Å². The number of aliphatic hydroxyl groups excluding tert-OH is 1. The molecule has 0 aromatic heterocycles. The van der Waals surface area contributed by atoms with Crippen LogP contribution in [0.15, 0.2) is 22.7 Å². The summed E-state index contributed by atoms with van der Waals surface area (Å²) in [4.78, 5) is 14.4. The molecule has 21 heavy (non-hydrogen) atoms. The fourth-order valence-electron chi connectivity index (χ4n) is 2.56. The lowest BCUT2D eigenvalue weighted by Gasteiger charge is -2.37. The van der Waals surface area contributed by atoms with Crippen LogP contribution in [0.25, 0.3) is 0 Å². The Hall–Kier alpha value is -0.910. The van der Waals surface area contributed by atoms with Gasteiger partial charge in [-0.3, -0.25) is 9.69 Å². The fourth-order valence-corrected chi connectivity index (χ4v) is 3.03. The number of aliphatic hydroxyl groups is 1. The van der Waals surface area contributed by atoms with Gasteiger partial charge in [-0.2, -0.15) is 0 Å². The molecule has 0 unspecified atom stereocenters. The van der Waals surface area contributed by atoms with Crippen molar-refractivity contribution in [2.24, 2.45) is 0 Å². The molecule has 0 bridgehead atoms. The van der Waals surface area contributed by atoms with Gasteiger partial charge in [-0.15, -0.1) is 0 Å². The van der Waals surface area contributed by atoms with Gasteiger partial charge in [-0.05, 0) is 49.9 Å². The van der Waals surface area contributed by atoms with Crippen molar-refractivity contribution in [2.75, 3.05) is 25.0 Å². The number of aryl methyl sites for hydroxylation is 1. The van der Waals surface area contributed by atoms with Crippen molar-refractivity contribution < 1.29 is 9.90 Å². The number of benzene rings is 1. The van der Waals surface area contributed by atoms with Crippen molar-refractivity contribution in [3.05, 3.63) is 28.2 Å². The number of hydrogen-bond acceptors (Lipinski definition) is 3. The fraction of sp³-hybridized carbons (Fsp3) is 0.562. The van der Waals surface area contributed by atoms with Crippen LogP contribution in [0, 0.1) is 6.92 Å². The maximum Gasteiger partial charge on any atom is 0.238 e. The van der Waals surface area contributed by atoms with E-state index in [2.05, 4.69) is 26.1 Å². The van der Waals surface area contributed by atoms with Crippen molar-refractivity contribution in [1.82, 2.24) is 4.90 Å². The Morgan fingerprint density at radius 1 is 1.48 bits per heavy atom. The van der Waals surface area contributed by atoms with E-state index in [1.54, 1.807) is 0 Å². The van der Waals surface area contributed by atoms with Gasteiger partial charge < -0.3 is 10.4 Å². The third-order valence-corrected chi connectivity index (χ3v) is 4.50. The summed E-state index contributed by atoms with van der Waals surface area (Å²) in [7, 11) is 0. The lowest BCUT2D eigenvalue weighted by Crippen LogP contribution is -2.45. The van der Waals surface area contributed by atoms with E-state index >= 15 is 0 Å². The van der Waals surface area contributed by atoms with Crippen LogP contribution < -0.4 is 5.32 Å². The van der Waals surface area contributed by atoms with Crippen LogP contribution in [0.1, 0.15) is 31.2 Å². The van der Waals surface area contributed by atoms with Gasteiger partial charge in [0, 0.05) is 29.4 Å². The van der Waals surface area contributed by atoms with Crippen molar-refractivity contribution in [3.8, 4) is 0 Å². The van der Waals surface area contributed by atoms with E-state index in [1.165, 1.54) is 6.42 Å². The third kappa shape index (κ3) is 4.80. The molecule has 0 radical (unpaired) electrons. The second kappa shape index (κ2) is 7.92. The van der Waals surface area contributed by atoms with Gasteiger partial charge >= 0.3 is 0 Å². The molecule has 5 heteroatoms. The molecular formula is C16H23BrN2O2. The lowest BCUT2D eigenvalue weighted by atomic mass is 9.91. The second-order valence-corrected chi connectivity index (χ2v) is 6.56. The first-order valence-electron chi connectivity index (χ1n) is 7.51. The zero-order valence-electron chi connectivity index (χ0n) is 12.4. The van der Waals surface area contributed by atoms with Crippen LogP contribution >= 0.6 is 15.9 Å². The Morgan fingerprint density at radius 2 is 2.24 bits per heavy atom. The Labute approximate surface area is 134 Å². The second-order valence-electron chi connectivity index (χ2n) is 5.64. The zero-order chi connectivity index (χ0) is 15.2. The zero-order valence-corrected chi connectivity index (χ0v) is 14.0. The summed E-state index contributed by atoms with van der Waals surface area (Å²) in [5.74, 6) is 0.0188. The SMILES string of the molecule is Cc1cc(Br)ccc1NC(=O)CN(CCCO)C1CCC1. The van der Waals surface area contributed by atoms with Crippen LogP contribution in [0.4, 0.5) is 5.69 Å². The molecule has 0 atom stereocenters. The monoisotopic (exact) mass is 354 g/mol. The first-order valence-corrected chi connectivity index (χ1v) is 8.30. The largest absolute Gasteiger partial charge is 0.396 e. The van der Waals surface area contributed by atoms with Crippen LogP contribution in [-0.2, 0) is 4.79 Å². The number of carbonyl (C=O) groups is 1. The average molecular weight is 355 g/mol. The minimum atomic E-state index is 0.0188. The molecule has 0 heterocycles. The Bertz CT molecular complexity index is 489. The molecule has 2 N–H and O–H groups in total. The first kappa shape index (κ1) is 16.5. The van der Waals surface area contributed by atoms with E-state index in [0.29, 0.717) is 12.6 Å². The molecule has 116 valence electrons. The molecule has 1 saturated carbocycles. The smallest absolute Gasteiger partial charge is 0.238 e. The highest BCUT2D eigenvalue weighted by molar-refractivity contribution is 9.10. The normalized spacial score (nSPS) is 15.0. The van der Waals surface area contributed by atoms with E-state index in [0.717, 1.165) is 41.5 Å². The molecular weight excluding hydrogens is 332 g/mol. The predicted octanol–water partition coefficient (Wildman–Crippen LogP) is 2.93. The maximum atomic E-state index is 12.2. The van der Waals surface area contributed by atoms with Gasteiger partial charge in [0.15, 0.2) is 0 Å². The highest BCUT2D eigenvalue weighted by Crippen LogP contribution is 2.25. The van der Waals surface area contributed by atoms with Crippen LogP contribution in [0.2, 0.25) is 0 Å². The number of anilines is 1. The van der Waals surface area contributed by atoms with Crippen LogP contribution in [-0.4, -0.2) is 41.7 Å². The van der Waals surface area contributed by atoms with Crippen molar-refractivity contribution >= 4 is 27.5 Å². The van der Waals surface area contributed by atoms with Gasteiger partial charge in [0.1, 0.15) is 0 Å². The quantitative estimate of drug-likeness (QED) is 0.791. The average Bonchev–Trinajstić information content (AvgIpc) is 2.37. The van der Waals surface area contributed by atoms with E-state index in [9.17, 15) is 4.79 Å². The minimum absolute atomic E-state index is 0.0188. The summed E-state index contributed by atoms with van der Waals surface area (Å²) in [5.41, 5.74) is 1.90. The number of amides is 1. The number of rotatable bonds is 7. The summed E-state index contributed by atoms with van der Waals surface area (Å²) in [6.07, 6.45) is 4.29. The summed E-state index contributed by atoms with van der Waals surface area (Å²) in [5, 5.41) is 12.0. The molecule has 0 spiro atoms. The standard InChI is InChI=1S/C16H23BrN2O2/c1-12-10-13(17)6-7-15(12)18-16(21)11-19(8-3-9-20)14-4-2-5-14/h6-7,10,14,20H,2-5,8-9,11H2,1H3,(H,18,21). The van der Waals surface area contributed by atoms with Crippen LogP contribution in [0.3, 0.4) is 0 Å². The molecule has 2 rings (SSSR count). The first-order chi connectivity index (χ1) is 10.1. The third-order valence-electron chi connectivity index (χ3n) is 4.00. The molecule has 1 aliphatic rings. The highest BCUT2D eigenvalue weighted by Gasteiger charge is 2.26. The van der Waals surface area contributed by atoms with Gasteiger partial charge in [-0.1, -0.05) is 22.4 Å². The summed E-state index contributed by atoms with van der Waals surface area (Å²) in [6.45, 7) is 3.35. The van der Waals surface area contributed by atoms with E-state index < -0.39 is 0 Å². The topological polar surface area (TPSA) is 52.6 Å². The Morgan fingerprint density at radius 3 is 2.81 bits per heavy atom. The summed E-state index contributed by atoms with van der Waals surface area (Å²) in [6, 6.07) is 6.34. The van der Waals surface area contributed by atoms with E-state index in [1.807, 2.05) is 25.1 Å².